The molecule has 1 fully saturated rings. The molecule has 0 amide bonds. The van der Waals surface area contributed by atoms with E-state index in [0.717, 1.165) is 30.1 Å². The second-order valence-electron chi connectivity index (χ2n) is 5.57. The summed E-state index contributed by atoms with van der Waals surface area (Å²) in [4.78, 5) is 4.54. The van der Waals surface area contributed by atoms with Crippen LogP contribution in [0.2, 0.25) is 0 Å². The molecule has 19 heavy (non-hydrogen) atoms. The number of aromatic nitrogens is 1. The molecule has 3 heteroatoms. The highest BCUT2D eigenvalue weighted by Crippen LogP contribution is 2.20. The first-order chi connectivity index (χ1) is 9.19. The van der Waals surface area contributed by atoms with Crippen LogP contribution in [0.5, 0.6) is 5.75 Å². The van der Waals surface area contributed by atoms with Crippen LogP contribution in [-0.4, -0.2) is 23.7 Å². The number of pyridine rings is 1. The van der Waals surface area contributed by atoms with Gasteiger partial charge in [-0.15, -0.1) is 0 Å². The van der Waals surface area contributed by atoms with Crippen molar-refractivity contribution < 1.29 is 4.74 Å². The van der Waals surface area contributed by atoms with Crippen LogP contribution in [0.15, 0.2) is 12.1 Å². The fraction of sp³-hybridized carbons (Fsp3) is 0.688. The highest BCUT2D eigenvalue weighted by molar-refractivity contribution is 5.29. The third-order valence-electron chi connectivity index (χ3n) is 3.78. The Labute approximate surface area is 116 Å². The highest BCUT2D eigenvalue weighted by atomic mass is 16.5. The summed E-state index contributed by atoms with van der Waals surface area (Å²) in [5.74, 6) is 0.939. The molecule has 0 saturated heterocycles. The number of aryl methyl sites for hydroxylation is 2. The van der Waals surface area contributed by atoms with Gasteiger partial charge < -0.3 is 10.1 Å². The standard InChI is InChI=1S/C16H26N2O/c1-4-15-16(10-9-12(2)18-15)19-13(3)11-17-14-7-5-6-8-14/h9-10,13-14,17H,4-8,11H2,1-3H3. The van der Waals surface area contributed by atoms with Gasteiger partial charge >= 0.3 is 0 Å². The van der Waals surface area contributed by atoms with E-state index in [9.17, 15) is 0 Å². The molecule has 1 aromatic rings. The van der Waals surface area contributed by atoms with Crippen molar-refractivity contribution in [2.75, 3.05) is 6.54 Å². The molecular formula is C16H26N2O. The van der Waals surface area contributed by atoms with E-state index in [0.29, 0.717) is 6.04 Å². The molecule has 0 aromatic carbocycles. The van der Waals surface area contributed by atoms with Crippen molar-refractivity contribution in [3.05, 3.63) is 23.5 Å². The van der Waals surface area contributed by atoms with E-state index in [4.69, 9.17) is 4.74 Å². The topological polar surface area (TPSA) is 34.1 Å². The summed E-state index contributed by atoms with van der Waals surface area (Å²) in [6.07, 6.45) is 6.48. The van der Waals surface area contributed by atoms with E-state index >= 15 is 0 Å². The second kappa shape index (κ2) is 6.90. The van der Waals surface area contributed by atoms with Crippen LogP contribution in [0.3, 0.4) is 0 Å². The number of nitrogens with zero attached hydrogens (tertiary/aromatic N) is 1. The Morgan fingerprint density at radius 2 is 2.11 bits per heavy atom. The van der Waals surface area contributed by atoms with E-state index < -0.39 is 0 Å². The molecule has 1 saturated carbocycles. The van der Waals surface area contributed by atoms with Crippen molar-refractivity contribution in [3.63, 3.8) is 0 Å². The molecule has 1 heterocycles. The molecule has 1 unspecified atom stereocenters. The zero-order valence-electron chi connectivity index (χ0n) is 12.4. The van der Waals surface area contributed by atoms with Crippen LogP contribution in [0.25, 0.3) is 0 Å². The molecule has 0 spiro atoms. The first kappa shape index (κ1) is 14.3. The third-order valence-corrected chi connectivity index (χ3v) is 3.78. The molecule has 3 nitrogen and oxygen atoms in total. The van der Waals surface area contributed by atoms with E-state index in [1.165, 1.54) is 25.7 Å². The first-order valence-electron chi connectivity index (χ1n) is 7.55. The van der Waals surface area contributed by atoms with Gasteiger partial charge in [-0.2, -0.15) is 0 Å². The molecule has 106 valence electrons. The molecule has 0 aliphatic heterocycles. The van der Waals surface area contributed by atoms with E-state index in [2.05, 4.69) is 24.1 Å². The minimum Gasteiger partial charge on any atom is -0.487 e. The van der Waals surface area contributed by atoms with Gasteiger partial charge in [0.2, 0.25) is 0 Å². The Balaban J connectivity index is 1.85. The zero-order valence-corrected chi connectivity index (χ0v) is 12.4. The third kappa shape index (κ3) is 4.20. The summed E-state index contributed by atoms with van der Waals surface area (Å²) < 4.78 is 6.03. The quantitative estimate of drug-likeness (QED) is 0.854. The maximum Gasteiger partial charge on any atom is 0.141 e. The molecular weight excluding hydrogens is 236 g/mol. The summed E-state index contributed by atoms with van der Waals surface area (Å²) >= 11 is 0. The molecule has 1 aliphatic carbocycles. The molecule has 2 rings (SSSR count). The molecule has 0 bridgehead atoms. The number of nitrogens with one attached hydrogen (secondary N) is 1. The van der Waals surface area contributed by atoms with Crippen LogP contribution in [-0.2, 0) is 6.42 Å². The predicted octanol–water partition coefficient (Wildman–Crippen LogP) is 3.25. The van der Waals surface area contributed by atoms with Crippen molar-refractivity contribution >= 4 is 0 Å². The Morgan fingerprint density at radius 3 is 2.79 bits per heavy atom. The number of hydrogen-bond acceptors (Lipinski definition) is 3. The lowest BCUT2D eigenvalue weighted by atomic mass is 10.2. The second-order valence-corrected chi connectivity index (χ2v) is 5.57. The fourth-order valence-electron chi connectivity index (χ4n) is 2.68. The van der Waals surface area contributed by atoms with Gasteiger partial charge in [0.25, 0.3) is 0 Å². The number of hydrogen-bond donors (Lipinski definition) is 1. The average Bonchev–Trinajstić information content (AvgIpc) is 2.91. The molecule has 1 aromatic heterocycles. The summed E-state index contributed by atoms with van der Waals surface area (Å²) in [7, 11) is 0. The van der Waals surface area contributed by atoms with Gasteiger partial charge in [-0.1, -0.05) is 19.8 Å². The van der Waals surface area contributed by atoms with Gasteiger partial charge in [-0.05, 0) is 45.2 Å². The lowest BCUT2D eigenvalue weighted by Gasteiger charge is -2.19. The Kier molecular flexibility index (Phi) is 5.20. The monoisotopic (exact) mass is 262 g/mol. The first-order valence-corrected chi connectivity index (χ1v) is 7.55. The van der Waals surface area contributed by atoms with Crippen LogP contribution < -0.4 is 10.1 Å². The van der Waals surface area contributed by atoms with Gasteiger partial charge in [0.1, 0.15) is 11.9 Å². The van der Waals surface area contributed by atoms with Gasteiger partial charge in [-0.25, -0.2) is 0 Å². The predicted molar refractivity (Wildman–Crippen MR) is 78.7 cm³/mol. The Morgan fingerprint density at radius 1 is 1.37 bits per heavy atom. The van der Waals surface area contributed by atoms with Crippen molar-refractivity contribution in [3.8, 4) is 5.75 Å². The summed E-state index contributed by atoms with van der Waals surface area (Å²) in [5.41, 5.74) is 2.12. The van der Waals surface area contributed by atoms with Gasteiger partial charge in [0.05, 0.1) is 5.69 Å². The highest BCUT2D eigenvalue weighted by Gasteiger charge is 2.16. The van der Waals surface area contributed by atoms with Gasteiger partial charge in [-0.3, -0.25) is 4.98 Å². The Hall–Kier alpha value is -1.09. The summed E-state index contributed by atoms with van der Waals surface area (Å²) in [6, 6.07) is 4.77. The van der Waals surface area contributed by atoms with Crippen molar-refractivity contribution in [2.45, 2.75) is 65.0 Å². The molecule has 1 aliphatic rings. The van der Waals surface area contributed by atoms with Gasteiger partial charge in [0, 0.05) is 18.3 Å². The van der Waals surface area contributed by atoms with Crippen LogP contribution >= 0.6 is 0 Å². The normalized spacial score (nSPS) is 17.6. The maximum absolute atomic E-state index is 6.03. The van der Waals surface area contributed by atoms with Crippen molar-refractivity contribution in [2.24, 2.45) is 0 Å². The minimum absolute atomic E-state index is 0.190. The van der Waals surface area contributed by atoms with Crippen molar-refractivity contribution in [1.29, 1.82) is 0 Å². The number of rotatable bonds is 6. The van der Waals surface area contributed by atoms with E-state index in [1.54, 1.807) is 0 Å². The van der Waals surface area contributed by atoms with Crippen LogP contribution in [0.4, 0.5) is 0 Å². The summed E-state index contributed by atoms with van der Waals surface area (Å²) in [6.45, 7) is 7.19. The van der Waals surface area contributed by atoms with E-state index in [1.807, 2.05) is 19.1 Å². The van der Waals surface area contributed by atoms with Crippen LogP contribution in [0.1, 0.15) is 50.9 Å². The van der Waals surface area contributed by atoms with Crippen LogP contribution in [0, 0.1) is 6.92 Å². The lowest BCUT2D eigenvalue weighted by Crippen LogP contribution is -2.35. The van der Waals surface area contributed by atoms with E-state index in [-0.39, 0.29) is 6.10 Å². The minimum atomic E-state index is 0.190. The maximum atomic E-state index is 6.03. The molecule has 0 radical (unpaired) electrons. The van der Waals surface area contributed by atoms with Gasteiger partial charge in [0.15, 0.2) is 0 Å². The largest absolute Gasteiger partial charge is 0.487 e. The SMILES string of the molecule is CCc1nc(C)ccc1OC(C)CNC1CCCC1. The molecule has 1 atom stereocenters. The fourth-order valence-corrected chi connectivity index (χ4v) is 2.68. The zero-order chi connectivity index (χ0) is 13.7. The average molecular weight is 262 g/mol. The Bertz CT molecular complexity index is 400. The smallest absolute Gasteiger partial charge is 0.141 e. The van der Waals surface area contributed by atoms with Crippen molar-refractivity contribution in [1.82, 2.24) is 10.3 Å². The summed E-state index contributed by atoms with van der Waals surface area (Å²) in [5, 5.41) is 3.61. The molecule has 1 N–H and O–H groups in total. The lowest BCUT2D eigenvalue weighted by molar-refractivity contribution is 0.208. The number of ether oxygens (including phenoxy) is 1.